The van der Waals surface area contributed by atoms with Crippen molar-refractivity contribution >= 4 is 27.8 Å². The van der Waals surface area contributed by atoms with Crippen LogP contribution in [0.3, 0.4) is 0 Å². The zero-order valence-electron chi connectivity index (χ0n) is 15.3. The number of phenolic OH excluding ortho intramolecular Hbond substituents is 1. The Hall–Kier alpha value is -2.66. The van der Waals surface area contributed by atoms with E-state index in [2.05, 4.69) is 10.3 Å². The largest absolute Gasteiger partial charge is 0.508 e. The lowest BCUT2D eigenvalue weighted by atomic mass is 10.1. The number of carbonyl (C=O) groups is 2. The maximum Gasteiger partial charge on any atom is 0.260 e. The quantitative estimate of drug-likeness (QED) is 0.584. The molecule has 11 heteroatoms. The van der Waals surface area contributed by atoms with Gasteiger partial charge in [-0.1, -0.05) is 12.1 Å². The van der Waals surface area contributed by atoms with Crippen LogP contribution in [0.15, 0.2) is 29.3 Å². The number of phenols is 1. The average molecular weight is 410 g/mol. The van der Waals surface area contributed by atoms with E-state index < -0.39 is 34.0 Å². The topological polar surface area (TPSA) is 140 Å². The van der Waals surface area contributed by atoms with E-state index in [-0.39, 0.29) is 30.6 Å². The van der Waals surface area contributed by atoms with E-state index >= 15 is 0 Å². The molecular formula is C17H22N4O6S. The SMILES string of the molecule is CN1C(=O)C(O)C(C(=O)NCc2ccc(O)cc2)N=C1N1CCCCS1(=O)=O. The number of sulfonamides is 1. The van der Waals surface area contributed by atoms with E-state index in [1.54, 1.807) is 12.1 Å². The minimum Gasteiger partial charge on any atom is -0.508 e. The molecule has 1 aromatic carbocycles. The average Bonchev–Trinajstić information content (AvgIpc) is 2.66. The molecule has 152 valence electrons. The summed E-state index contributed by atoms with van der Waals surface area (Å²) in [6.07, 6.45) is -0.579. The summed E-state index contributed by atoms with van der Waals surface area (Å²) >= 11 is 0. The van der Waals surface area contributed by atoms with Crippen molar-refractivity contribution in [3.63, 3.8) is 0 Å². The minimum absolute atomic E-state index is 0.0612. The van der Waals surface area contributed by atoms with Crippen LogP contribution in [0.5, 0.6) is 5.75 Å². The summed E-state index contributed by atoms with van der Waals surface area (Å²) in [7, 11) is -2.32. The molecule has 0 saturated carbocycles. The van der Waals surface area contributed by atoms with Crippen molar-refractivity contribution in [3.8, 4) is 5.75 Å². The Morgan fingerprint density at radius 1 is 1.29 bits per heavy atom. The Labute approximate surface area is 162 Å². The number of nitrogens with zero attached hydrogens (tertiary/aromatic N) is 3. The van der Waals surface area contributed by atoms with Gasteiger partial charge in [0, 0.05) is 20.1 Å². The molecule has 2 heterocycles. The second-order valence-corrected chi connectivity index (χ2v) is 8.71. The maximum atomic E-state index is 12.5. The molecule has 0 aromatic heterocycles. The van der Waals surface area contributed by atoms with Crippen molar-refractivity contribution in [2.75, 3.05) is 19.3 Å². The van der Waals surface area contributed by atoms with Crippen molar-refractivity contribution < 1.29 is 28.2 Å². The first kappa shape index (κ1) is 20.1. The van der Waals surface area contributed by atoms with Gasteiger partial charge in [-0.25, -0.2) is 17.7 Å². The number of aliphatic hydroxyl groups is 1. The molecule has 1 fully saturated rings. The van der Waals surface area contributed by atoms with E-state index in [1.807, 2.05) is 0 Å². The number of rotatable bonds is 3. The standard InChI is InChI=1S/C17H22N4O6S/c1-20-16(25)14(23)13(15(24)18-10-11-4-6-12(22)7-5-11)19-17(20)21-8-2-3-9-28(21,26)27/h4-7,13-14,22-23H,2-3,8-10H2,1H3,(H,18,24). The number of hydrogen-bond acceptors (Lipinski definition) is 7. The molecule has 2 amide bonds. The van der Waals surface area contributed by atoms with Crippen LogP contribution in [-0.2, 0) is 26.2 Å². The van der Waals surface area contributed by atoms with Crippen LogP contribution in [-0.4, -0.2) is 77.1 Å². The molecule has 2 aliphatic heterocycles. The molecule has 0 aliphatic carbocycles. The first-order valence-corrected chi connectivity index (χ1v) is 10.4. The van der Waals surface area contributed by atoms with Gasteiger partial charge in [-0.2, -0.15) is 0 Å². The highest BCUT2D eigenvalue weighted by Crippen LogP contribution is 2.21. The first-order valence-electron chi connectivity index (χ1n) is 8.80. The van der Waals surface area contributed by atoms with Gasteiger partial charge in [-0.05, 0) is 30.5 Å². The molecule has 0 spiro atoms. The van der Waals surface area contributed by atoms with Gasteiger partial charge in [0.25, 0.3) is 5.91 Å². The highest BCUT2D eigenvalue weighted by atomic mass is 32.2. The third kappa shape index (κ3) is 3.94. The van der Waals surface area contributed by atoms with E-state index in [1.165, 1.54) is 19.2 Å². The van der Waals surface area contributed by atoms with Gasteiger partial charge in [-0.3, -0.25) is 14.5 Å². The first-order chi connectivity index (χ1) is 13.2. The van der Waals surface area contributed by atoms with Crippen molar-refractivity contribution in [3.05, 3.63) is 29.8 Å². The number of aliphatic hydroxyl groups excluding tert-OH is 1. The smallest absolute Gasteiger partial charge is 0.260 e. The number of benzene rings is 1. The summed E-state index contributed by atoms with van der Waals surface area (Å²) in [6.45, 7) is 0.260. The molecule has 28 heavy (non-hydrogen) atoms. The van der Waals surface area contributed by atoms with Crippen LogP contribution < -0.4 is 5.32 Å². The van der Waals surface area contributed by atoms with Crippen molar-refractivity contribution in [2.45, 2.75) is 31.5 Å². The summed E-state index contributed by atoms with van der Waals surface area (Å²) in [5.74, 6) is -1.62. The summed E-state index contributed by atoms with van der Waals surface area (Å²) in [5.41, 5.74) is 0.697. The number of aliphatic imine (C=N–C) groups is 1. The molecule has 10 nitrogen and oxygen atoms in total. The van der Waals surface area contributed by atoms with E-state index in [0.29, 0.717) is 18.4 Å². The van der Waals surface area contributed by atoms with Gasteiger partial charge < -0.3 is 15.5 Å². The summed E-state index contributed by atoms with van der Waals surface area (Å²) in [5, 5.41) is 22.1. The van der Waals surface area contributed by atoms with E-state index in [4.69, 9.17) is 0 Å². The van der Waals surface area contributed by atoms with Crippen LogP contribution >= 0.6 is 0 Å². The van der Waals surface area contributed by atoms with Crippen molar-refractivity contribution in [2.24, 2.45) is 4.99 Å². The molecule has 2 unspecified atom stereocenters. The lowest BCUT2D eigenvalue weighted by Crippen LogP contribution is -2.60. The zero-order valence-corrected chi connectivity index (χ0v) is 16.1. The fourth-order valence-corrected chi connectivity index (χ4v) is 4.68. The van der Waals surface area contributed by atoms with Gasteiger partial charge in [0.15, 0.2) is 12.1 Å². The van der Waals surface area contributed by atoms with Crippen LogP contribution in [0, 0.1) is 0 Å². The highest BCUT2D eigenvalue weighted by Gasteiger charge is 2.43. The predicted octanol–water partition coefficient (Wildman–Crippen LogP) is -1.01. The highest BCUT2D eigenvalue weighted by molar-refractivity contribution is 7.89. The number of guanidine groups is 1. The molecule has 1 saturated heterocycles. The summed E-state index contributed by atoms with van der Waals surface area (Å²) in [6, 6.07) is 4.70. The Kier molecular flexibility index (Phi) is 5.57. The van der Waals surface area contributed by atoms with Crippen molar-refractivity contribution in [1.82, 2.24) is 14.5 Å². The maximum absolute atomic E-state index is 12.5. The van der Waals surface area contributed by atoms with E-state index in [0.717, 1.165) is 9.21 Å². The fourth-order valence-electron chi connectivity index (χ4n) is 3.07. The van der Waals surface area contributed by atoms with Crippen LogP contribution in [0.2, 0.25) is 0 Å². The van der Waals surface area contributed by atoms with Crippen LogP contribution in [0.25, 0.3) is 0 Å². The van der Waals surface area contributed by atoms with Crippen molar-refractivity contribution in [1.29, 1.82) is 0 Å². The predicted molar refractivity (Wildman–Crippen MR) is 99.7 cm³/mol. The molecule has 0 bridgehead atoms. The third-order valence-corrected chi connectivity index (χ3v) is 6.50. The fraction of sp³-hybridized carbons (Fsp3) is 0.471. The molecule has 0 radical (unpaired) electrons. The molecule has 1 aromatic rings. The van der Waals surface area contributed by atoms with E-state index in [9.17, 15) is 28.2 Å². The number of nitrogens with one attached hydrogen (secondary N) is 1. The molecule has 3 N–H and O–H groups in total. The number of likely N-dealkylation sites (N-methyl/N-ethyl adjacent to an activating group) is 1. The lowest BCUT2D eigenvalue weighted by Gasteiger charge is -2.37. The molecule has 3 rings (SSSR count). The lowest BCUT2D eigenvalue weighted by molar-refractivity contribution is -0.142. The zero-order chi connectivity index (χ0) is 20.5. The monoisotopic (exact) mass is 410 g/mol. The number of carbonyl (C=O) groups excluding carboxylic acids is 2. The van der Waals surface area contributed by atoms with Gasteiger partial charge in [0.1, 0.15) is 5.75 Å². The summed E-state index contributed by atoms with van der Waals surface area (Å²) in [4.78, 5) is 30.0. The number of hydrogen-bond donors (Lipinski definition) is 3. The Bertz CT molecular complexity index is 899. The Morgan fingerprint density at radius 3 is 2.61 bits per heavy atom. The number of aromatic hydroxyl groups is 1. The second-order valence-electron chi connectivity index (χ2n) is 6.70. The summed E-state index contributed by atoms with van der Waals surface area (Å²) < 4.78 is 25.7. The molecule has 2 atom stereocenters. The second kappa shape index (κ2) is 7.76. The van der Waals surface area contributed by atoms with Gasteiger partial charge in [-0.15, -0.1) is 0 Å². The normalized spacial score (nSPS) is 24.6. The third-order valence-electron chi connectivity index (χ3n) is 4.68. The molecular weight excluding hydrogens is 388 g/mol. The van der Waals surface area contributed by atoms with Gasteiger partial charge in [0.05, 0.1) is 5.75 Å². The minimum atomic E-state index is -3.63. The molecule has 2 aliphatic rings. The van der Waals surface area contributed by atoms with Gasteiger partial charge in [0.2, 0.25) is 21.9 Å². The Morgan fingerprint density at radius 2 is 1.96 bits per heavy atom. The van der Waals surface area contributed by atoms with Crippen LogP contribution in [0.1, 0.15) is 18.4 Å². The van der Waals surface area contributed by atoms with Crippen LogP contribution in [0.4, 0.5) is 0 Å². The Balaban J connectivity index is 1.81. The van der Waals surface area contributed by atoms with Gasteiger partial charge >= 0.3 is 0 Å². The number of amides is 2.